The predicted molar refractivity (Wildman–Crippen MR) is 251 cm³/mol. The van der Waals surface area contributed by atoms with Crippen LogP contribution in [-0.2, 0) is 55.7 Å². The molecule has 3 aromatic rings. The molecule has 69 heavy (non-hydrogen) atoms. The molecule has 23 nitrogen and oxygen atoms in total. The average Bonchev–Trinajstić information content (AvgIpc) is 3.96. The summed E-state index contributed by atoms with van der Waals surface area (Å²) in [6, 6.07) is 6.48. The first-order valence-corrected chi connectivity index (χ1v) is 24.0. The van der Waals surface area contributed by atoms with Gasteiger partial charge in [-0.15, -0.1) is 0 Å². The molecular weight excluding hydrogens is 943 g/mol. The maximum absolute atomic E-state index is 14.1. The maximum atomic E-state index is 14.1. The van der Waals surface area contributed by atoms with Crippen molar-refractivity contribution in [2.45, 2.75) is 109 Å². The third-order valence-corrected chi connectivity index (χ3v) is 11.6. The highest BCUT2D eigenvalue weighted by Gasteiger charge is 2.37. The second kappa shape index (κ2) is 26.5. The molecule has 10 N–H and O–H groups in total. The van der Waals surface area contributed by atoms with Crippen LogP contribution in [0.2, 0.25) is 5.02 Å². The van der Waals surface area contributed by atoms with Crippen molar-refractivity contribution in [3.63, 3.8) is 0 Å². The summed E-state index contributed by atoms with van der Waals surface area (Å²) < 4.78 is 17.7. The van der Waals surface area contributed by atoms with Gasteiger partial charge in [-0.3, -0.25) is 38.1 Å². The molecule has 0 aliphatic carbocycles. The van der Waals surface area contributed by atoms with E-state index < -0.39 is 80.3 Å². The molecule has 2 aromatic carbocycles. The fraction of sp³-hybridized carbons (Fsp3) is 0.477. The minimum atomic E-state index is -5.14. The number of nitrogens with two attached hydrogens (primary N) is 1. The predicted octanol–water partition coefficient (Wildman–Crippen LogP) is 1.13. The molecule has 1 aliphatic rings. The number of nitrogens with one attached hydrogen (secondary N) is 5. The number of amides is 7. The van der Waals surface area contributed by atoms with Gasteiger partial charge >= 0.3 is 7.82 Å². The number of aromatic nitrogens is 2. The second-order valence-corrected chi connectivity index (χ2v) is 18.3. The number of imidazole rings is 1. The van der Waals surface area contributed by atoms with Gasteiger partial charge in [-0.1, -0.05) is 42.7 Å². The molecule has 1 saturated heterocycles. The standard InChI is InChI=1S/C44H60ClN10O13P/c1-26(2)19-34(51-44(63)37-11-8-17-55(37)28(4)57)41(60)50-35(42(61)52-36(24-56)43(62)53-38(39(46)58)27(3)68-69(64,65)66)21-33-23-47-25-54(33)16-5-6-18-67-48-22-29-9-7-10-32(20-29)49-40(59)30-12-14-31(45)15-13-30/h7,9-10,12-15,20,22-23,25-27,34-38,56H,5-6,8,11,16-19,21,24H2,1-4H3,(H2,46,58)(H,49,59)(H,50,60)(H,51,63)(H,52,61)(H,53,62)(H2,64,65,66)/b48-22-/t27-,34+,35+,36+,37+,38+/m1/s1. The lowest BCUT2D eigenvalue weighted by molar-refractivity contribution is -0.139. The van der Waals surface area contributed by atoms with Crippen molar-refractivity contribution in [2.75, 3.05) is 25.1 Å². The highest BCUT2D eigenvalue weighted by atomic mass is 35.5. The molecule has 1 aromatic heterocycles. The van der Waals surface area contributed by atoms with Crippen LogP contribution in [-0.4, -0.2) is 133 Å². The van der Waals surface area contributed by atoms with E-state index in [1.807, 2.05) is 13.8 Å². The zero-order chi connectivity index (χ0) is 50.8. The molecular formula is C44H60ClN10O13P. The van der Waals surface area contributed by atoms with Crippen LogP contribution in [0, 0.1) is 5.92 Å². The van der Waals surface area contributed by atoms with Crippen molar-refractivity contribution in [1.82, 2.24) is 35.7 Å². The number of hydrogen-bond acceptors (Lipinski definition) is 13. The number of halogens is 1. The molecule has 1 aliphatic heterocycles. The number of aliphatic hydroxyl groups excluding tert-OH is 1. The fourth-order valence-corrected chi connectivity index (χ4v) is 8.00. The van der Waals surface area contributed by atoms with Gasteiger partial charge in [0.2, 0.25) is 35.4 Å². The van der Waals surface area contributed by atoms with Gasteiger partial charge in [0, 0.05) is 54.6 Å². The monoisotopic (exact) mass is 1000 g/mol. The molecule has 1 fully saturated rings. The summed E-state index contributed by atoms with van der Waals surface area (Å²) in [4.78, 5) is 121. The van der Waals surface area contributed by atoms with Gasteiger partial charge in [-0.25, -0.2) is 9.55 Å². The van der Waals surface area contributed by atoms with Crippen molar-refractivity contribution in [3.8, 4) is 0 Å². The first kappa shape index (κ1) is 55.4. The van der Waals surface area contributed by atoms with Gasteiger partial charge < -0.3 is 61.5 Å². The van der Waals surface area contributed by atoms with Crippen LogP contribution >= 0.6 is 19.4 Å². The first-order chi connectivity index (χ1) is 32.6. The summed E-state index contributed by atoms with van der Waals surface area (Å²) in [6.45, 7) is 6.02. The van der Waals surface area contributed by atoms with E-state index in [1.54, 1.807) is 53.1 Å². The Balaban J connectivity index is 1.44. The molecule has 7 amide bonds. The Hall–Kier alpha value is -6.23. The Morgan fingerprint density at radius 3 is 2.29 bits per heavy atom. The van der Waals surface area contributed by atoms with E-state index >= 15 is 0 Å². The second-order valence-electron chi connectivity index (χ2n) is 16.7. The number of aryl methyl sites for hydroxylation is 1. The summed E-state index contributed by atoms with van der Waals surface area (Å²) >= 11 is 5.92. The van der Waals surface area contributed by atoms with Crippen LogP contribution in [0.5, 0.6) is 0 Å². The van der Waals surface area contributed by atoms with Gasteiger partial charge in [0.25, 0.3) is 5.91 Å². The largest absolute Gasteiger partial charge is 0.469 e. The zero-order valence-electron chi connectivity index (χ0n) is 38.6. The molecule has 0 radical (unpaired) electrons. The molecule has 0 saturated carbocycles. The van der Waals surface area contributed by atoms with E-state index in [9.17, 15) is 53.0 Å². The van der Waals surface area contributed by atoms with E-state index in [4.69, 9.17) is 22.2 Å². The summed E-state index contributed by atoms with van der Waals surface area (Å²) in [5.41, 5.74) is 7.48. The molecule has 0 spiro atoms. The number of hydrogen-bond donors (Lipinski definition) is 9. The molecule has 2 heterocycles. The molecule has 0 unspecified atom stereocenters. The molecule has 0 bridgehead atoms. The lowest BCUT2D eigenvalue weighted by Gasteiger charge is -2.28. The Morgan fingerprint density at radius 2 is 1.64 bits per heavy atom. The van der Waals surface area contributed by atoms with Crippen molar-refractivity contribution in [1.29, 1.82) is 0 Å². The summed E-state index contributed by atoms with van der Waals surface area (Å²) in [6.07, 6.45) is 4.85. The van der Waals surface area contributed by atoms with Crippen molar-refractivity contribution < 1.29 is 62.4 Å². The van der Waals surface area contributed by atoms with Crippen molar-refractivity contribution >= 4 is 72.7 Å². The third-order valence-electron chi connectivity index (χ3n) is 10.7. The molecule has 6 atom stereocenters. The van der Waals surface area contributed by atoms with E-state index in [1.165, 1.54) is 30.6 Å². The van der Waals surface area contributed by atoms with Crippen LogP contribution in [0.15, 0.2) is 66.2 Å². The summed E-state index contributed by atoms with van der Waals surface area (Å²) in [5, 5.41) is 27.4. The van der Waals surface area contributed by atoms with E-state index in [2.05, 4.69) is 41.2 Å². The minimum Gasteiger partial charge on any atom is -0.396 e. The number of anilines is 1. The number of unbranched alkanes of at least 4 members (excludes halogenated alkanes) is 1. The molecule has 4 rings (SSSR count). The normalized spacial score (nSPS) is 16.0. The Labute approximate surface area is 403 Å². The average molecular weight is 1000 g/mol. The van der Waals surface area contributed by atoms with Gasteiger partial charge in [-0.2, -0.15) is 0 Å². The fourth-order valence-electron chi connectivity index (χ4n) is 7.32. The van der Waals surface area contributed by atoms with Crippen LogP contribution in [0.25, 0.3) is 0 Å². The molecule has 376 valence electrons. The number of carbonyl (C=O) groups is 7. The van der Waals surface area contributed by atoms with E-state index in [0.29, 0.717) is 66.3 Å². The van der Waals surface area contributed by atoms with E-state index in [-0.39, 0.29) is 37.2 Å². The lowest BCUT2D eigenvalue weighted by atomic mass is 10.0. The number of phosphoric ester groups is 1. The Bertz CT molecular complexity index is 2340. The SMILES string of the molecule is CC(=O)N1CCC[C@H]1C(=O)N[C@@H](CC(C)C)C(=O)N[C@@H](Cc1cncn1CCCCO/N=C\c1cccc(NC(=O)c2ccc(Cl)cc2)c1)C(=O)N[C@@H](CO)C(=O)N[C@H](C(N)=O)[C@@H](C)OP(=O)(O)O. The zero-order valence-corrected chi connectivity index (χ0v) is 40.2. The number of phosphoric acid groups is 1. The number of carbonyl (C=O) groups excluding carboxylic acids is 7. The quantitative estimate of drug-likeness (QED) is 0.0236. The van der Waals surface area contributed by atoms with Crippen LogP contribution in [0.4, 0.5) is 5.69 Å². The number of nitrogens with zero attached hydrogens (tertiary/aromatic N) is 4. The number of rotatable bonds is 26. The highest BCUT2D eigenvalue weighted by molar-refractivity contribution is 7.46. The van der Waals surface area contributed by atoms with Gasteiger partial charge in [0.05, 0.1) is 25.3 Å². The number of aliphatic hydroxyl groups is 1. The summed E-state index contributed by atoms with van der Waals surface area (Å²) in [7, 11) is -5.14. The third kappa shape index (κ3) is 18.0. The minimum absolute atomic E-state index is 0.124. The van der Waals surface area contributed by atoms with Gasteiger partial charge in [0.15, 0.2) is 0 Å². The lowest BCUT2D eigenvalue weighted by Crippen LogP contribution is -2.61. The van der Waals surface area contributed by atoms with Gasteiger partial charge in [0.1, 0.15) is 36.8 Å². The number of likely N-dealkylation sites (tertiary alicyclic amines) is 1. The van der Waals surface area contributed by atoms with Crippen molar-refractivity contribution in [3.05, 3.63) is 82.9 Å². The number of oxime groups is 1. The van der Waals surface area contributed by atoms with Crippen molar-refractivity contribution in [2.24, 2.45) is 16.8 Å². The smallest absolute Gasteiger partial charge is 0.396 e. The van der Waals surface area contributed by atoms with Crippen LogP contribution in [0.1, 0.15) is 81.4 Å². The van der Waals surface area contributed by atoms with Crippen LogP contribution in [0.3, 0.4) is 0 Å². The number of benzene rings is 2. The molecule has 25 heteroatoms. The first-order valence-electron chi connectivity index (χ1n) is 22.1. The Morgan fingerprint density at radius 1 is 0.957 bits per heavy atom. The number of primary amides is 1. The highest BCUT2D eigenvalue weighted by Crippen LogP contribution is 2.38. The summed E-state index contributed by atoms with van der Waals surface area (Å²) in [5.74, 6) is -5.42. The van der Waals surface area contributed by atoms with E-state index in [0.717, 1.165) is 6.92 Å². The Kier molecular flexibility index (Phi) is 21.3. The maximum Gasteiger partial charge on any atom is 0.469 e. The van der Waals surface area contributed by atoms with Gasteiger partial charge in [-0.05, 0) is 86.9 Å². The topological polar surface area (TPSA) is 335 Å². The van der Waals surface area contributed by atoms with Crippen LogP contribution < -0.4 is 32.3 Å².